The molecule has 0 aromatic heterocycles. The summed E-state index contributed by atoms with van der Waals surface area (Å²) in [6.07, 6.45) is 3.54. The van der Waals surface area contributed by atoms with Crippen LogP contribution in [-0.2, 0) is 9.53 Å². The Kier molecular flexibility index (Phi) is 4.96. The zero-order valence-corrected chi connectivity index (χ0v) is 12.7. The number of aldehydes is 1. The van der Waals surface area contributed by atoms with Crippen molar-refractivity contribution in [1.82, 2.24) is 10.2 Å². The molecular weight excluding hydrogens is 244 g/mol. The van der Waals surface area contributed by atoms with E-state index in [2.05, 4.69) is 5.32 Å². The number of carbonyl (C=O) groups is 2. The van der Waals surface area contributed by atoms with Gasteiger partial charge in [-0.05, 0) is 47.7 Å². The van der Waals surface area contributed by atoms with Gasteiger partial charge in [0.15, 0.2) is 5.72 Å². The second-order valence-corrected chi connectivity index (χ2v) is 6.58. The van der Waals surface area contributed by atoms with Gasteiger partial charge in [-0.1, -0.05) is 0 Å². The SMILES string of the molecule is CN(C)C1(OC(=O)NC(C)(C)C)CCC(C=O)CC1. The second kappa shape index (κ2) is 5.90. The summed E-state index contributed by atoms with van der Waals surface area (Å²) in [5.41, 5.74) is -0.903. The fourth-order valence-electron chi connectivity index (χ4n) is 2.37. The molecule has 5 nitrogen and oxygen atoms in total. The maximum Gasteiger partial charge on any atom is 0.409 e. The van der Waals surface area contributed by atoms with Crippen molar-refractivity contribution in [3.8, 4) is 0 Å². The monoisotopic (exact) mass is 270 g/mol. The van der Waals surface area contributed by atoms with Crippen LogP contribution in [0.3, 0.4) is 0 Å². The third kappa shape index (κ3) is 4.49. The van der Waals surface area contributed by atoms with Crippen LogP contribution in [0.4, 0.5) is 4.79 Å². The largest absolute Gasteiger partial charge is 0.428 e. The molecule has 0 aromatic rings. The van der Waals surface area contributed by atoms with Crippen LogP contribution in [0.2, 0.25) is 0 Å². The van der Waals surface area contributed by atoms with Gasteiger partial charge in [0.25, 0.3) is 0 Å². The minimum Gasteiger partial charge on any atom is -0.428 e. The van der Waals surface area contributed by atoms with Crippen LogP contribution in [0.25, 0.3) is 0 Å². The Hall–Kier alpha value is -1.10. The number of ether oxygens (including phenoxy) is 1. The molecule has 0 atom stereocenters. The lowest BCUT2D eigenvalue weighted by Crippen LogP contribution is -2.54. The van der Waals surface area contributed by atoms with Gasteiger partial charge >= 0.3 is 6.09 Å². The molecule has 0 spiro atoms. The maximum atomic E-state index is 12.0. The van der Waals surface area contributed by atoms with Crippen LogP contribution < -0.4 is 5.32 Å². The lowest BCUT2D eigenvalue weighted by molar-refractivity contribution is -0.129. The molecule has 1 aliphatic carbocycles. The van der Waals surface area contributed by atoms with Gasteiger partial charge < -0.3 is 14.8 Å². The Balaban J connectivity index is 2.68. The third-order valence-corrected chi connectivity index (χ3v) is 3.58. The summed E-state index contributed by atoms with van der Waals surface area (Å²) in [6.45, 7) is 5.75. The van der Waals surface area contributed by atoms with Gasteiger partial charge in [0.2, 0.25) is 0 Å². The number of hydrogen-bond acceptors (Lipinski definition) is 4. The topological polar surface area (TPSA) is 58.6 Å². The highest BCUT2D eigenvalue weighted by atomic mass is 16.6. The Morgan fingerprint density at radius 2 is 1.84 bits per heavy atom. The molecule has 0 saturated heterocycles. The predicted molar refractivity (Wildman–Crippen MR) is 73.8 cm³/mol. The molecular formula is C14H26N2O3. The number of nitrogens with one attached hydrogen (secondary N) is 1. The molecule has 1 N–H and O–H groups in total. The summed E-state index contributed by atoms with van der Waals surface area (Å²) in [4.78, 5) is 24.7. The zero-order valence-electron chi connectivity index (χ0n) is 12.7. The third-order valence-electron chi connectivity index (χ3n) is 3.58. The van der Waals surface area contributed by atoms with Crippen molar-refractivity contribution < 1.29 is 14.3 Å². The van der Waals surface area contributed by atoms with Crippen molar-refractivity contribution >= 4 is 12.4 Å². The van der Waals surface area contributed by atoms with Gasteiger partial charge in [0, 0.05) is 24.3 Å². The molecule has 0 radical (unpaired) electrons. The predicted octanol–water partition coefficient (Wildman–Crippen LogP) is 2.16. The normalized spacial score (nSPS) is 28.0. The molecule has 1 aliphatic rings. The van der Waals surface area contributed by atoms with Crippen LogP contribution in [0.5, 0.6) is 0 Å². The summed E-state index contributed by atoms with van der Waals surface area (Å²) in [7, 11) is 3.82. The van der Waals surface area contributed by atoms with E-state index < -0.39 is 11.8 Å². The minimum absolute atomic E-state index is 0.0994. The first kappa shape index (κ1) is 16.0. The number of alkyl carbamates (subject to hydrolysis) is 1. The Labute approximate surface area is 115 Å². The average Bonchev–Trinajstić information content (AvgIpc) is 2.27. The Bertz CT molecular complexity index is 326. The quantitative estimate of drug-likeness (QED) is 0.630. The number of nitrogens with zero attached hydrogens (tertiary/aromatic N) is 1. The maximum absolute atomic E-state index is 12.0. The first-order valence-electron chi connectivity index (χ1n) is 6.82. The molecule has 1 saturated carbocycles. The number of carbonyl (C=O) groups excluding carboxylic acids is 2. The van der Waals surface area contributed by atoms with Crippen LogP contribution in [0.1, 0.15) is 46.5 Å². The number of amides is 1. The van der Waals surface area contributed by atoms with Crippen LogP contribution >= 0.6 is 0 Å². The van der Waals surface area contributed by atoms with Gasteiger partial charge in [-0.15, -0.1) is 0 Å². The molecule has 5 heteroatoms. The highest BCUT2D eigenvalue weighted by molar-refractivity contribution is 5.68. The molecule has 110 valence electrons. The smallest absolute Gasteiger partial charge is 0.409 e. The van der Waals surface area contributed by atoms with Gasteiger partial charge in [0.1, 0.15) is 6.29 Å². The van der Waals surface area contributed by atoms with Gasteiger partial charge in [-0.2, -0.15) is 0 Å². The van der Waals surface area contributed by atoms with E-state index in [4.69, 9.17) is 4.74 Å². The highest BCUT2D eigenvalue weighted by Gasteiger charge is 2.41. The average molecular weight is 270 g/mol. The zero-order chi connectivity index (χ0) is 14.7. The van der Waals surface area contributed by atoms with Crippen molar-refractivity contribution in [2.24, 2.45) is 5.92 Å². The molecule has 1 rings (SSSR count). The fraction of sp³-hybridized carbons (Fsp3) is 0.857. The first-order valence-corrected chi connectivity index (χ1v) is 6.82. The Morgan fingerprint density at radius 1 is 1.32 bits per heavy atom. The first-order chi connectivity index (χ1) is 8.68. The molecule has 0 aromatic carbocycles. The summed E-state index contributed by atoms with van der Waals surface area (Å²) in [5, 5.41) is 2.81. The highest BCUT2D eigenvalue weighted by Crippen LogP contribution is 2.35. The van der Waals surface area contributed by atoms with Crippen molar-refractivity contribution in [2.45, 2.75) is 57.7 Å². The fourth-order valence-corrected chi connectivity index (χ4v) is 2.37. The lowest BCUT2D eigenvalue weighted by Gasteiger charge is -2.43. The van der Waals surface area contributed by atoms with Crippen molar-refractivity contribution in [1.29, 1.82) is 0 Å². The van der Waals surface area contributed by atoms with Crippen molar-refractivity contribution in [3.05, 3.63) is 0 Å². The van der Waals surface area contributed by atoms with E-state index in [0.717, 1.165) is 19.1 Å². The van der Waals surface area contributed by atoms with E-state index in [-0.39, 0.29) is 11.5 Å². The van der Waals surface area contributed by atoms with Crippen LogP contribution in [0, 0.1) is 5.92 Å². The molecule has 1 fully saturated rings. The Morgan fingerprint density at radius 3 is 2.21 bits per heavy atom. The van der Waals surface area contributed by atoms with Crippen molar-refractivity contribution in [3.63, 3.8) is 0 Å². The van der Waals surface area contributed by atoms with E-state index in [1.165, 1.54) is 0 Å². The van der Waals surface area contributed by atoms with E-state index in [1.54, 1.807) is 0 Å². The number of hydrogen-bond donors (Lipinski definition) is 1. The summed E-state index contributed by atoms with van der Waals surface area (Å²) < 4.78 is 5.67. The summed E-state index contributed by atoms with van der Waals surface area (Å²) in [5.74, 6) is 0.0994. The molecule has 19 heavy (non-hydrogen) atoms. The number of rotatable bonds is 3. The van der Waals surface area contributed by atoms with E-state index in [9.17, 15) is 9.59 Å². The molecule has 0 aliphatic heterocycles. The van der Waals surface area contributed by atoms with E-state index >= 15 is 0 Å². The van der Waals surface area contributed by atoms with E-state index in [1.807, 2.05) is 39.8 Å². The molecule has 1 amide bonds. The van der Waals surface area contributed by atoms with Crippen molar-refractivity contribution in [2.75, 3.05) is 14.1 Å². The van der Waals surface area contributed by atoms with Crippen LogP contribution in [0.15, 0.2) is 0 Å². The minimum atomic E-state index is -0.588. The molecule has 0 bridgehead atoms. The van der Waals surface area contributed by atoms with Gasteiger partial charge in [-0.3, -0.25) is 4.90 Å². The molecule has 0 heterocycles. The second-order valence-electron chi connectivity index (χ2n) is 6.58. The summed E-state index contributed by atoms with van der Waals surface area (Å²) >= 11 is 0. The van der Waals surface area contributed by atoms with Gasteiger partial charge in [-0.25, -0.2) is 4.79 Å². The van der Waals surface area contributed by atoms with Crippen LogP contribution in [-0.4, -0.2) is 42.6 Å². The summed E-state index contributed by atoms with van der Waals surface area (Å²) in [6, 6.07) is 0. The van der Waals surface area contributed by atoms with Gasteiger partial charge in [0.05, 0.1) is 0 Å². The standard InChI is InChI=1S/C14H26N2O3/c1-13(2,3)15-12(18)19-14(16(4)5)8-6-11(10-17)7-9-14/h10-11H,6-9H2,1-5H3,(H,15,18). The molecule has 0 unspecified atom stereocenters. The lowest BCUT2D eigenvalue weighted by atomic mass is 9.83. The van der Waals surface area contributed by atoms with E-state index in [0.29, 0.717) is 12.8 Å².